The van der Waals surface area contributed by atoms with Gasteiger partial charge in [-0.25, -0.2) is 0 Å². The number of carboxylic acid groups (broad SMARTS) is 1. The fourth-order valence-electron chi connectivity index (χ4n) is 2.27. The molecule has 1 atom stereocenters. The van der Waals surface area contributed by atoms with Crippen molar-refractivity contribution >= 4 is 5.97 Å². The van der Waals surface area contributed by atoms with E-state index in [0.717, 1.165) is 18.5 Å². The van der Waals surface area contributed by atoms with Gasteiger partial charge >= 0.3 is 5.97 Å². The lowest BCUT2D eigenvalue weighted by Gasteiger charge is -2.26. The Morgan fingerprint density at radius 1 is 1.39 bits per heavy atom. The molecule has 0 amide bonds. The minimum Gasteiger partial charge on any atom is -0.480 e. The van der Waals surface area contributed by atoms with Gasteiger partial charge in [-0.05, 0) is 24.5 Å². The molecule has 1 aromatic carbocycles. The van der Waals surface area contributed by atoms with Crippen LogP contribution in [0.15, 0.2) is 61.2 Å². The summed E-state index contributed by atoms with van der Waals surface area (Å²) in [5.74, 6) is -0.809. The van der Waals surface area contributed by atoms with Crippen molar-refractivity contribution < 1.29 is 9.90 Å². The summed E-state index contributed by atoms with van der Waals surface area (Å²) in [6.45, 7) is 10.7. The molecule has 1 aliphatic heterocycles. The molecule has 0 fully saturated rings. The number of aliphatic carboxylic acids is 1. The molecule has 1 heterocycles. The summed E-state index contributed by atoms with van der Waals surface area (Å²) in [5.41, 5.74) is 3.86. The first kappa shape index (κ1) is 18.9. The zero-order valence-electron chi connectivity index (χ0n) is 13.7. The maximum atomic E-state index is 10.4. The molecule has 1 aliphatic rings. The summed E-state index contributed by atoms with van der Waals surface area (Å²) in [4.78, 5) is 10.4. The van der Waals surface area contributed by atoms with Gasteiger partial charge in [0.15, 0.2) is 0 Å². The Bertz CT molecular complexity index is 564. The molecular formula is C19H26N2O2. The number of rotatable bonds is 6. The summed E-state index contributed by atoms with van der Waals surface area (Å²) in [5, 5.41) is 14.8. The van der Waals surface area contributed by atoms with Gasteiger partial charge in [0.05, 0.1) is 6.54 Å². The molecule has 0 saturated carbocycles. The van der Waals surface area contributed by atoms with E-state index in [9.17, 15) is 4.79 Å². The summed E-state index contributed by atoms with van der Waals surface area (Å²) < 4.78 is 0. The molecule has 124 valence electrons. The zero-order chi connectivity index (χ0) is 17.1. The Hall–Kier alpha value is -2.17. The first-order valence-electron chi connectivity index (χ1n) is 7.71. The van der Waals surface area contributed by atoms with Crippen LogP contribution < -0.4 is 10.6 Å². The molecule has 0 aliphatic carbocycles. The number of hydrogen-bond acceptors (Lipinski definition) is 3. The normalized spacial score (nSPS) is 16.6. The van der Waals surface area contributed by atoms with Crippen molar-refractivity contribution in [2.45, 2.75) is 25.9 Å². The van der Waals surface area contributed by atoms with E-state index >= 15 is 0 Å². The highest BCUT2D eigenvalue weighted by Gasteiger charge is 2.16. The van der Waals surface area contributed by atoms with Crippen molar-refractivity contribution in [1.82, 2.24) is 10.6 Å². The van der Waals surface area contributed by atoms with Crippen LogP contribution in [-0.2, 0) is 17.8 Å². The van der Waals surface area contributed by atoms with Gasteiger partial charge in [-0.3, -0.25) is 4.79 Å². The number of carbonyl (C=O) groups is 1. The third-order valence-corrected chi connectivity index (χ3v) is 3.54. The predicted octanol–water partition coefficient (Wildman–Crippen LogP) is 2.68. The minimum absolute atomic E-state index is 0.0276. The molecule has 0 saturated heterocycles. The maximum Gasteiger partial charge on any atom is 0.317 e. The molecule has 0 bridgehead atoms. The lowest BCUT2D eigenvalue weighted by molar-refractivity contribution is -0.135. The average Bonchev–Trinajstić information content (AvgIpc) is 2.55. The van der Waals surface area contributed by atoms with Gasteiger partial charge in [-0.2, -0.15) is 0 Å². The Labute approximate surface area is 138 Å². The molecule has 4 nitrogen and oxygen atoms in total. The Balaban J connectivity index is 0.000000322. The highest BCUT2D eigenvalue weighted by Crippen LogP contribution is 2.15. The molecule has 1 aromatic rings. The summed E-state index contributed by atoms with van der Waals surface area (Å²) in [6, 6.07) is 8.69. The van der Waals surface area contributed by atoms with Gasteiger partial charge in [-0.15, -0.1) is 0 Å². The van der Waals surface area contributed by atoms with E-state index in [-0.39, 0.29) is 6.54 Å². The van der Waals surface area contributed by atoms with E-state index < -0.39 is 5.97 Å². The zero-order valence-corrected chi connectivity index (χ0v) is 13.7. The number of nitrogens with one attached hydrogen (secondary N) is 2. The molecule has 0 radical (unpaired) electrons. The molecule has 0 aromatic heterocycles. The SMILES string of the molecule is C=C/C=C(/C)C=C.O=C(O)CNC[C@@H]1Cc2ccccc2CN1. The second-order valence-electron chi connectivity index (χ2n) is 5.43. The van der Waals surface area contributed by atoms with Crippen LogP contribution in [0, 0.1) is 0 Å². The topological polar surface area (TPSA) is 61.4 Å². The lowest BCUT2D eigenvalue weighted by atomic mass is 9.96. The van der Waals surface area contributed by atoms with E-state index in [0.29, 0.717) is 12.6 Å². The standard InChI is InChI=1S/C12H16N2O2.C7H10/c15-12(16)8-13-7-11-5-9-3-1-2-4-10(9)6-14-11;1-4-6-7(3)5-2/h1-4,11,13-14H,5-8H2,(H,15,16);4-6H,1-2H2,3H3/b;7-6-/t11-;/m0./s1. The Kier molecular flexibility index (Phi) is 8.65. The van der Waals surface area contributed by atoms with Crippen LogP contribution in [0.4, 0.5) is 0 Å². The van der Waals surface area contributed by atoms with E-state index in [4.69, 9.17) is 5.11 Å². The van der Waals surface area contributed by atoms with E-state index in [1.807, 2.05) is 25.1 Å². The summed E-state index contributed by atoms with van der Waals surface area (Å²) in [6.07, 6.45) is 6.41. The molecular weight excluding hydrogens is 288 g/mol. The number of fused-ring (bicyclic) bond motifs is 1. The lowest BCUT2D eigenvalue weighted by Crippen LogP contribution is -2.44. The molecule has 2 rings (SSSR count). The van der Waals surface area contributed by atoms with Crippen LogP contribution in [0.25, 0.3) is 0 Å². The van der Waals surface area contributed by atoms with Gasteiger partial charge in [0.1, 0.15) is 0 Å². The number of carboxylic acids is 1. The number of hydrogen-bond donors (Lipinski definition) is 3. The third-order valence-electron chi connectivity index (χ3n) is 3.54. The maximum absolute atomic E-state index is 10.4. The van der Waals surface area contributed by atoms with Crippen LogP contribution in [0.1, 0.15) is 18.1 Å². The quantitative estimate of drug-likeness (QED) is 0.707. The van der Waals surface area contributed by atoms with Crippen LogP contribution in [0.3, 0.4) is 0 Å². The molecule has 0 unspecified atom stereocenters. The van der Waals surface area contributed by atoms with E-state index in [2.05, 4.69) is 35.9 Å². The van der Waals surface area contributed by atoms with Gasteiger partial charge in [0, 0.05) is 19.1 Å². The molecule has 3 N–H and O–H groups in total. The van der Waals surface area contributed by atoms with Crippen molar-refractivity contribution in [3.63, 3.8) is 0 Å². The Morgan fingerprint density at radius 3 is 2.65 bits per heavy atom. The van der Waals surface area contributed by atoms with Crippen molar-refractivity contribution in [3.8, 4) is 0 Å². The van der Waals surface area contributed by atoms with E-state index in [1.165, 1.54) is 11.1 Å². The van der Waals surface area contributed by atoms with Crippen LogP contribution in [0.5, 0.6) is 0 Å². The molecule has 4 heteroatoms. The van der Waals surface area contributed by atoms with Gasteiger partial charge in [0.25, 0.3) is 0 Å². The van der Waals surface area contributed by atoms with Crippen LogP contribution >= 0.6 is 0 Å². The van der Waals surface area contributed by atoms with Gasteiger partial charge in [0.2, 0.25) is 0 Å². The first-order chi connectivity index (χ1) is 11.1. The summed E-state index contributed by atoms with van der Waals surface area (Å²) in [7, 11) is 0. The van der Waals surface area contributed by atoms with Gasteiger partial charge in [-0.1, -0.05) is 61.2 Å². The van der Waals surface area contributed by atoms with Gasteiger partial charge < -0.3 is 15.7 Å². The second-order valence-corrected chi connectivity index (χ2v) is 5.43. The van der Waals surface area contributed by atoms with Crippen LogP contribution in [0.2, 0.25) is 0 Å². The smallest absolute Gasteiger partial charge is 0.317 e. The Morgan fingerprint density at radius 2 is 2.09 bits per heavy atom. The fraction of sp³-hybridized carbons (Fsp3) is 0.316. The first-order valence-corrected chi connectivity index (χ1v) is 7.71. The third kappa shape index (κ3) is 7.58. The fourth-order valence-corrected chi connectivity index (χ4v) is 2.27. The van der Waals surface area contributed by atoms with E-state index in [1.54, 1.807) is 12.2 Å². The monoisotopic (exact) mass is 314 g/mol. The molecule has 23 heavy (non-hydrogen) atoms. The molecule has 0 spiro atoms. The van der Waals surface area contributed by atoms with Crippen molar-refractivity contribution in [2.24, 2.45) is 0 Å². The number of allylic oxidation sites excluding steroid dienone is 4. The number of benzene rings is 1. The highest BCUT2D eigenvalue weighted by molar-refractivity contribution is 5.68. The summed E-state index contributed by atoms with van der Waals surface area (Å²) >= 11 is 0. The van der Waals surface area contributed by atoms with Crippen LogP contribution in [-0.4, -0.2) is 30.2 Å². The minimum atomic E-state index is -0.809. The largest absolute Gasteiger partial charge is 0.480 e. The van der Waals surface area contributed by atoms with Crippen molar-refractivity contribution in [1.29, 1.82) is 0 Å². The second kappa shape index (κ2) is 10.5. The van der Waals surface area contributed by atoms with Crippen molar-refractivity contribution in [3.05, 3.63) is 72.4 Å². The average molecular weight is 314 g/mol. The highest BCUT2D eigenvalue weighted by atomic mass is 16.4. The van der Waals surface area contributed by atoms with Crippen molar-refractivity contribution in [2.75, 3.05) is 13.1 Å². The predicted molar refractivity (Wildman–Crippen MR) is 95.4 cm³/mol.